The Bertz CT molecular complexity index is 795. The molecule has 2 aliphatic heterocycles. The van der Waals surface area contributed by atoms with Gasteiger partial charge in [-0.05, 0) is 30.1 Å². The zero-order valence-electron chi connectivity index (χ0n) is 14.1. The summed E-state index contributed by atoms with van der Waals surface area (Å²) >= 11 is 0. The fourth-order valence-electron chi connectivity index (χ4n) is 3.64. The molecule has 0 aliphatic carbocycles. The van der Waals surface area contributed by atoms with E-state index in [-0.39, 0.29) is 5.91 Å². The number of carbonyl (C=O) groups is 1. The lowest BCUT2D eigenvalue weighted by molar-refractivity contribution is -0.0267. The van der Waals surface area contributed by atoms with Crippen molar-refractivity contribution in [3.63, 3.8) is 0 Å². The first-order chi connectivity index (χ1) is 11.6. The van der Waals surface area contributed by atoms with Crippen molar-refractivity contribution in [2.75, 3.05) is 26.7 Å². The molecule has 126 valence electrons. The Balaban J connectivity index is 1.78. The van der Waals surface area contributed by atoms with Gasteiger partial charge >= 0.3 is 0 Å². The summed E-state index contributed by atoms with van der Waals surface area (Å²) in [7, 11) is 1.64. The van der Waals surface area contributed by atoms with Crippen LogP contribution in [0.4, 0.5) is 0 Å². The van der Waals surface area contributed by atoms with Gasteiger partial charge in [-0.1, -0.05) is 19.1 Å². The number of benzene rings is 2. The van der Waals surface area contributed by atoms with Crippen LogP contribution < -0.4 is 14.8 Å². The molecule has 1 spiro atoms. The van der Waals surface area contributed by atoms with Gasteiger partial charge in [0, 0.05) is 31.3 Å². The molecule has 0 unspecified atom stereocenters. The summed E-state index contributed by atoms with van der Waals surface area (Å²) in [6.07, 6.45) is 1.60. The maximum absolute atomic E-state index is 12.7. The fourth-order valence-corrected chi connectivity index (χ4v) is 3.64. The molecule has 2 aliphatic rings. The second kappa shape index (κ2) is 5.67. The minimum Gasteiger partial charge on any atom is -0.497 e. The Morgan fingerprint density at radius 1 is 1.25 bits per heavy atom. The highest BCUT2D eigenvalue weighted by Gasteiger charge is 2.42. The Morgan fingerprint density at radius 3 is 2.71 bits per heavy atom. The molecule has 2 heterocycles. The summed E-state index contributed by atoms with van der Waals surface area (Å²) in [5.74, 6) is 1.39. The first-order valence-corrected chi connectivity index (χ1v) is 8.49. The molecular weight excluding hydrogens is 304 g/mol. The molecule has 1 N–H and O–H groups in total. The number of hydrogen-bond acceptors (Lipinski definition) is 4. The fraction of sp³-hybridized carbons (Fsp3) is 0.421. The molecule has 5 nitrogen and oxygen atoms in total. The van der Waals surface area contributed by atoms with Gasteiger partial charge < -0.3 is 19.7 Å². The lowest BCUT2D eigenvalue weighted by Gasteiger charge is -2.44. The van der Waals surface area contributed by atoms with Crippen LogP contribution in [0.5, 0.6) is 11.5 Å². The van der Waals surface area contributed by atoms with Crippen molar-refractivity contribution in [1.29, 1.82) is 0 Å². The molecule has 0 saturated carbocycles. The van der Waals surface area contributed by atoms with Gasteiger partial charge in [0.15, 0.2) is 5.72 Å². The molecule has 0 atom stereocenters. The highest BCUT2D eigenvalue weighted by Crippen LogP contribution is 2.39. The van der Waals surface area contributed by atoms with E-state index in [1.165, 1.54) is 0 Å². The van der Waals surface area contributed by atoms with Gasteiger partial charge in [-0.3, -0.25) is 4.79 Å². The second-order valence-electron chi connectivity index (χ2n) is 6.51. The van der Waals surface area contributed by atoms with E-state index >= 15 is 0 Å². The number of methoxy groups -OCH3 is 1. The van der Waals surface area contributed by atoms with Gasteiger partial charge in [-0.15, -0.1) is 0 Å². The minimum atomic E-state index is -0.590. The largest absolute Gasteiger partial charge is 0.497 e. The summed E-state index contributed by atoms with van der Waals surface area (Å²) in [6.45, 7) is 5.05. The number of fused-ring (bicyclic) bond motifs is 3. The van der Waals surface area contributed by atoms with E-state index in [2.05, 4.69) is 17.1 Å². The highest BCUT2D eigenvalue weighted by molar-refractivity contribution is 6.05. The lowest BCUT2D eigenvalue weighted by Crippen LogP contribution is -2.61. The van der Waals surface area contributed by atoms with E-state index in [9.17, 15) is 4.79 Å². The van der Waals surface area contributed by atoms with Crippen molar-refractivity contribution >= 4 is 16.7 Å². The average molecular weight is 326 g/mol. The van der Waals surface area contributed by atoms with Crippen molar-refractivity contribution in [2.45, 2.75) is 25.5 Å². The third kappa shape index (κ3) is 2.40. The number of nitrogens with one attached hydrogen (secondary N) is 1. The Morgan fingerprint density at radius 2 is 2.00 bits per heavy atom. The lowest BCUT2D eigenvalue weighted by atomic mass is 9.95. The minimum absolute atomic E-state index is 0.0501. The van der Waals surface area contributed by atoms with Crippen LogP contribution in [0.25, 0.3) is 10.8 Å². The third-order valence-electron chi connectivity index (χ3n) is 5.17. The van der Waals surface area contributed by atoms with Crippen molar-refractivity contribution < 1.29 is 14.3 Å². The number of ether oxygens (including phenoxy) is 2. The van der Waals surface area contributed by atoms with E-state index in [4.69, 9.17) is 9.47 Å². The summed E-state index contributed by atoms with van der Waals surface area (Å²) < 4.78 is 11.8. The monoisotopic (exact) mass is 326 g/mol. The van der Waals surface area contributed by atoms with Crippen LogP contribution in [0.1, 0.15) is 30.1 Å². The number of likely N-dealkylation sites (tertiary alicyclic amines) is 1. The van der Waals surface area contributed by atoms with Crippen LogP contribution in [0.2, 0.25) is 0 Å². The van der Waals surface area contributed by atoms with Gasteiger partial charge in [0.25, 0.3) is 5.91 Å². The summed E-state index contributed by atoms with van der Waals surface area (Å²) in [5, 5.41) is 5.08. The maximum atomic E-state index is 12.7. The Hall–Kier alpha value is -2.27. The molecule has 5 heteroatoms. The van der Waals surface area contributed by atoms with Gasteiger partial charge in [0.1, 0.15) is 11.5 Å². The number of nitrogens with zero attached hydrogens (tertiary/aromatic N) is 1. The number of carbonyl (C=O) groups excluding carboxylic acids is 1. The molecule has 0 radical (unpaired) electrons. The molecule has 1 saturated heterocycles. The van der Waals surface area contributed by atoms with E-state index in [0.29, 0.717) is 11.3 Å². The van der Waals surface area contributed by atoms with Crippen molar-refractivity contribution in [3.8, 4) is 11.5 Å². The number of hydrogen-bond donors (Lipinski definition) is 1. The first kappa shape index (κ1) is 15.3. The van der Waals surface area contributed by atoms with Crippen molar-refractivity contribution in [2.24, 2.45) is 0 Å². The molecule has 2 aromatic rings. The Labute approximate surface area is 141 Å². The van der Waals surface area contributed by atoms with E-state index in [1.807, 2.05) is 30.3 Å². The normalized spacial score (nSPS) is 19.7. The molecule has 1 fully saturated rings. The molecular formula is C19H22N2O3. The average Bonchev–Trinajstić information content (AvgIpc) is 2.62. The molecule has 0 aromatic heterocycles. The smallest absolute Gasteiger partial charge is 0.258 e. The van der Waals surface area contributed by atoms with E-state index < -0.39 is 5.72 Å². The van der Waals surface area contributed by atoms with Gasteiger partial charge in [-0.2, -0.15) is 0 Å². The summed E-state index contributed by atoms with van der Waals surface area (Å²) in [6, 6.07) is 9.66. The van der Waals surface area contributed by atoms with Crippen LogP contribution in [0.3, 0.4) is 0 Å². The topological polar surface area (TPSA) is 50.8 Å². The van der Waals surface area contributed by atoms with Crippen LogP contribution in [0.15, 0.2) is 30.3 Å². The Kier molecular flexibility index (Phi) is 3.61. The highest BCUT2D eigenvalue weighted by atomic mass is 16.5. The molecule has 4 rings (SSSR count). The van der Waals surface area contributed by atoms with Crippen molar-refractivity contribution in [3.05, 3.63) is 35.9 Å². The third-order valence-corrected chi connectivity index (χ3v) is 5.17. The summed E-state index contributed by atoms with van der Waals surface area (Å²) in [4.78, 5) is 15.0. The van der Waals surface area contributed by atoms with Crippen molar-refractivity contribution in [1.82, 2.24) is 10.2 Å². The number of piperidine rings is 1. The molecule has 24 heavy (non-hydrogen) atoms. The molecule has 2 aromatic carbocycles. The van der Waals surface area contributed by atoms with Crippen LogP contribution in [-0.4, -0.2) is 43.3 Å². The van der Waals surface area contributed by atoms with E-state index in [0.717, 1.165) is 49.0 Å². The molecule has 0 bridgehead atoms. The quantitative estimate of drug-likeness (QED) is 0.922. The zero-order valence-corrected chi connectivity index (χ0v) is 14.1. The predicted molar refractivity (Wildman–Crippen MR) is 92.7 cm³/mol. The van der Waals surface area contributed by atoms with E-state index in [1.54, 1.807) is 7.11 Å². The van der Waals surface area contributed by atoms with Gasteiger partial charge in [-0.25, -0.2) is 0 Å². The van der Waals surface area contributed by atoms with Crippen LogP contribution in [-0.2, 0) is 0 Å². The number of amides is 1. The first-order valence-electron chi connectivity index (χ1n) is 8.49. The standard InChI is InChI=1S/C19H22N2O3/c1-3-21-10-8-19(9-11-21)20-18(22)15-7-5-13-4-6-14(23-2)12-16(13)17(15)24-19/h4-7,12H,3,8-11H2,1-2H3,(H,20,22). The molecule has 1 amide bonds. The second-order valence-corrected chi connectivity index (χ2v) is 6.51. The SMILES string of the molecule is CCN1CCC2(CC1)NC(=O)c1ccc3ccc(OC)cc3c1O2. The number of rotatable bonds is 2. The van der Waals surface area contributed by atoms with Gasteiger partial charge in [0.05, 0.1) is 12.7 Å². The summed E-state index contributed by atoms with van der Waals surface area (Å²) in [5.41, 5.74) is 0.00641. The predicted octanol–water partition coefficient (Wildman–Crippen LogP) is 2.78. The zero-order chi connectivity index (χ0) is 16.7. The maximum Gasteiger partial charge on any atom is 0.258 e. The van der Waals surface area contributed by atoms with Gasteiger partial charge in [0.2, 0.25) is 0 Å². The van der Waals surface area contributed by atoms with Crippen LogP contribution in [0, 0.1) is 0 Å². The van der Waals surface area contributed by atoms with Crippen LogP contribution >= 0.6 is 0 Å².